The molecule has 0 saturated carbocycles. The molecule has 0 radical (unpaired) electrons. The third-order valence-corrected chi connectivity index (χ3v) is 4.45. The lowest BCUT2D eigenvalue weighted by Gasteiger charge is -2.33. The number of likely N-dealkylation sites (tertiary alicyclic amines) is 1. The van der Waals surface area contributed by atoms with E-state index in [0.717, 1.165) is 30.4 Å². The van der Waals surface area contributed by atoms with Crippen LogP contribution in [-0.2, 0) is 0 Å². The van der Waals surface area contributed by atoms with Gasteiger partial charge in [-0.15, -0.1) is 0 Å². The van der Waals surface area contributed by atoms with Gasteiger partial charge in [0.25, 0.3) is 0 Å². The number of rotatable bonds is 6. The predicted molar refractivity (Wildman–Crippen MR) is 90.3 cm³/mol. The summed E-state index contributed by atoms with van der Waals surface area (Å²) in [7, 11) is 2.21. The monoisotopic (exact) mass is 290 g/mol. The normalized spacial score (nSPS) is 18.5. The van der Waals surface area contributed by atoms with Gasteiger partial charge in [-0.1, -0.05) is 13.0 Å². The van der Waals surface area contributed by atoms with Crippen LogP contribution in [0.25, 0.3) is 0 Å². The van der Waals surface area contributed by atoms with Crippen molar-refractivity contribution >= 4 is 5.69 Å². The molecule has 3 nitrogen and oxygen atoms in total. The fraction of sp³-hybridized carbons (Fsp3) is 0.667. The van der Waals surface area contributed by atoms with Gasteiger partial charge in [0.1, 0.15) is 5.75 Å². The number of hydrogen-bond acceptors (Lipinski definition) is 3. The Hall–Kier alpha value is -1.22. The Balaban J connectivity index is 2.00. The van der Waals surface area contributed by atoms with Gasteiger partial charge in [0.15, 0.2) is 0 Å². The summed E-state index contributed by atoms with van der Waals surface area (Å²) in [5.41, 5.74) is 2.39. The topological polar surface area (TPSA) is 24.5 Å². The van der Waals surface area contributed by atoms with Crippen molar-refractivity contribution in [1.82, 2.24) is 4.90 Å². The second-order valence-corrected chi connectivity index (χ2v) is 6.42. The summed E-state index contributed by atoms with van der Waals surface area (Å²) < 4.78 is 5.90. The molecule has 1 aromatic rings. The van der Waals surface area contributed by atoms with Crippen LogP contribution in [0.2, 0.25) is 0 Å². The van der Waals surface area contributed by atoms with Crippen molar-refractivity contribution in [2.24, 2.45) is 5.92 Å². The number of anilines is 1. The zero-order valence-electron chi connectivity index (χ0n) is 14.0. The van der Waals surface area contributed by atoms with Gasteiger partial charge >= 0.3 is 0 Å². The van der Waals surface area contributed by atoms with Crippen molar-refractivity contribution in [3.8, 4) is 5.75 Å². The molecule has 1 aromatic carbocycles. The lowest BCUT2D eigenvalue weighted by atomic mass is 9.90. The number of ether oxygens (including phenoxy) is 1. The van der Waals surface area contributed by atoms with Crippen LogP contribution in [-0.4, -0.2) is 37.7 Å². The van der Waals surface area contributed by atoms with E-state index in [1.54, 1.807) is 0 Å². The minimum atomic E-state index is 0.491. The molecular weight excluding hydrogens is 260 g/mol. The van der Waals surface area contributed by atoms with Crippen LogP contribution < -0.4 is 10.1 Å². The molecule has 0 aromatic heterocycles. The minimum absolute atomic E-state index is 0.491. The Labute approximate surface area is 129 Å². The molecule has 1 saturated heterocycles. The summed E-state index contributed by atoms with van der Waals surface area (Å²) in [5.74, 6) is 1.75. The average molecular weight is 290 g/mol. The first-order valence-electron chi connectivity index (χ1n) is 8.28. The predicted octanol–water partition coefficient (Wildman–Crippen LogP) is 3.93. The number of nitrogens with zero attached hydrogens (tertiary/aromatic N) is 1. The third-order valence-electron chi connectivity index (χ3n) is 4.45. The number of benzene rings is 1. The van der Waals surface area contributed by atoms with E-state index in [4.69, 9.17) is 4.74 Å². The number of aryl methyl sites for hydroxylation is 1. The van der Waals surface area contributed by atoms with Crippen LogP contribution in [0.15, 0.2) is 18.2 Å². The van der Waals surface area contributed by atoms with E-state index < -0.39 is 0 Å². The van der Waals surface area contributed by atoms with Gasteiger partial charge in [-0.25, -0.2) is 0 Å². The second-order valence-electron chi connectivity index (χ2n) is 6.42. The van der Waals surface area contributed by atoms with Crippen molar-refractivity contribution in [2.75, 3.05) is 32.1 Å². The smallest absolute Gasteiger partial charge is 0.142 e. The van der Waals surface area contributed by atoms with E-state index in [0.29, 0.717) is 6.04 Å². The molecule has 1 aliphatic rings. The van der Waals surface area contributed by atoms with E-state index in [1.165, 1.54) is 31.5 Å². The molecule has 1 unspecified atom stereocenters. The Morgan fingerprint density at radius 1 is 1.33 bits per heavy atom. The number of nitrogens with one attached hydrogen (secondary N) is 1. The number of hydrogen-bond donors (Lipinski definition) is 1. The molecule has 0 aliphatic carbocycles. The van der Waals surface area contributed by atoms with E-state index in [2.05, 4.69) is 56.2 Å². The Bertz CT molecular complexity index is 439. The lowest BCUT2D eigenvalue weighted by Crippen LogP contribution is -2.37. The van der Waals surface area contributed by atoms with Gasteiger partial charge < -0.3 is 15.0 Å². The zero-order chi connectivity index (χ0) is 15.2. The molecule has 1 atom stereocenters. The van der Waals surface area contributed by atoms with Crippen molar-refractivity contribution in [3.05, 3.63) is 23.8 Å². The summed E-state index contributed by atoms with van der Waals surface area (Å²) in [4.78, 5) is 2.42. The summed E-state index contributed by atoms with van der Waals surface area (Å²) in [6.45, 7) is 9.76. The third kappa shape index (κ3) is 4.63. The van der Waals surface area contributed by atoms with Crippen molar-refractivity contribution < 1.29 is 4.74 Å². The Kier molecular flexibility index (Phi) is 5.92. The molecule has 3 heteroatoms. The standard InChI is InChI=1S/C18H30N2O/c1-5-12-21-18-13-14(2)6-7-17(18)19-15(3)16-8-10-20(4)11-9-16/h6-7,13,15-16,19H,5,8-12H2,1-4H3. The van der Waals surface area contributed by atoms with E-state index >= 15 is 0 Å². The average Bonchev–Trinajstić information content (AvgIpc) is 2.48. The molecule has 2 rings (SSSR count). The Morgan fingerprint density at radius 2 is 2.05 bits per heavy atom. The highest BCUT2D eigenvalue weighted by molar-refractivity contribution is 5.58. The highest BCUT2D eigenvalue weighted by Gasteiger charge is 2.22. The molecule has 1 N–H and O–H groups in total. The molecule has 0 bridgehead atoms. The molecule has 118 valence electrons. The van der Waals surface area contributed by atoms with E-state index in [1.807, 2.05) is 0 Å². The molecule has 0 amide bonds. The number of piperidine rings is 1. The first kappa shape index (κ1) is 16.2. The summed E-state index contributed by atoms with van der Waals surface area (Å²) >= 11 is 0. The van der Waals surface area contributed by atoms with Crippen LogP contribution in [0.4, 0.5) is 5.69 Å². The maximum Gasteiger partial charge on any atom is 0.142 e. The largest absolute Gasteiger partial charge is 0.491 e. The minimum Gasteiger partial charge on any atom is -0.491 e. The highest BCUT2D eigenvalue weighted by Crippen LogP contribution is 2.29. The van der Waals surface area contributed by atoms with Gasteiger partial charge in [0, 0.05) is 6.04 Å². The van der Waals surface area contributed by atoms with Gasteiger partial charge in [0.05, 0.1) is 12.3 Å². The lowest BCUT2D eigenvalue weighted by molar-refractivity contribution is 0.208. The van der Waals surface area contributed by atoms with Gasteiger partial charge in [0.2, 0.25) is 0 Å². The fourth-order valence-corrected chi connectivity index (χ4v) is 2.97. The van der Waals surface area contributed by atoms with Gasteiger partial charge in [-0.05, 0) is 76.9 Å². The van der Waals surface area contributed by atoms with Gasteiger partial charge in [-0.3, -0.25) is 0 Å². The van der Waals surface area contributed by atoms with Crippen LogP contribution in [0.1, 0.15) is 38.7 Å². The zero-order valence-corrected chi connectivity index (χ0v) is 14.0. The van der Waals surface area contributed by atoms with Crippen LogP contribution in [0.3, 0.4) is 0 Å². The first-order valence-corrected chi connectivity index (χ1v) is 8.28. The summed E-state index contributed by atoms with van der Waals surface area (Å²) in [6, 6.07) is 6.94. The van der Waals surface area contributed by atoms with Crippen LogP contribution in [0, 0.1) is 12.8 Å². The molecule has 1 heterocycles. The van der Waals surface area contributed by atoms with Gasteiger partial charge in [-0.2, -0.15) is 0 Å². The SMILES string of the molecule is CCCOc1cc(C)ccc1NC(C)C1CCN(C)CC1. The first-order chi connectivity index (χ1) is 10.1. The summed E-state index contributed by atoms with van der Waals surface area (Å²) in [5, 5.41) is 3.69. The maximum absolute atomic E-state index is 5.90. The van der Waals surface area contributed by atoms with Crippen molar-refractivity contribution in [2.45, 2.75) is 46.1 Å². The Morgan fingerprint density at radius 3 is 2.71 bits per heavy atom. The van der Waals surface area contributed by atoms with Crippen LogP contribution >= 0.6 is 0 Å². The van der Waals surface area contributed by atoms with Crippen molar-refractivity contribution in [1.29, 1.82) is 0 Å². The second kappa shape index (κ2) is 7.69. The van der Waals surface area contributed by atoms with E-state index in [9.17, 15) is 0 Å². The quantitative estimate of drug-likeness (QED) is 0.859. The highest BCUT2D eigenvalue weighted by atomic mass is 16.5. The fourth-order valence-electron chi connectivity index (χ4n) is 2.97. The van der Waals surface area contributed by atoms with E-state index in [-0.39, 0.29) is 0 Å². The molecule has 0 spiro atoms. The molecule has 21 heavy (non-hydrogen) atoms. The van der Waals surface area contributed by atoms with Crippen molar-refractivity contribution in [3.63, 3.8) is 0 Å². The molecule has 1 aliphatic heterocycles. The summed E-state index contributed by atoms with van der Waals surface area (Å²) in [6.07, 6.45) is 3.60. The maximum atomic E-state index is 5.90. The molecular formula is C18H30N2O. The van der Waals surface area contributed by atoms with Crippen LogP contribution in [0.5, 0.6) is 5.75 Å². The molecule has 1 fully saturated rings.